The molecular weight excluding hydrogens is 396 g/mol. The first-order valence-electron chi connectivity index (χ1n) is 5.72. The average Bonchev–Trinajstić information content (AvgIpc) is 2.32. The number of alkyl halides is 6. The summed E-state index contributed by atoms with van der Waals surface area (Å²) in [5.74, 6) is -2.25. The topological polar surface area (TPSA) is 52.6 Å². The SMILES string of the molecule is CC[C-](C)C(=O)OCCC(=O)OC(C(F)(F)F)C(F)(F)F.[Rb+]. The van der Waals surface area contributed by atoms with Gasteiger partial charge in [-0.25, -0.2) is 0 Å². The van der Waals surface area contributed by atoms with Crippen LogP contribution in [0.15, 0.2) is 0 Å². The van der Waals surface area contributed by atoms with E-state index in [1.165, 1.54) is 6.92 Å². The zero-order valence-corrected chi connectivity index (χ0v) is 17.0. The van der Waals surface area contributed by atoms with E-state index < -0.39 is 43.4 Å². The van der Waals surface area contributed by atoms with Crippen molar-refractivity contribution in [1.82, 2.24) is 0 Å². The van der Waals surface area contributed by atoms with E-state index in [1.807, 2.05) is 0 Å². The molecule has 0 bridgehead atoms. The molecule has 0 aliphatic heterocycles. The number of halogens is 6. The molecule has 0 spiro atoms. The fourth-order valence-electron chi connectivity index (χ4n) is 1.00. The number of hydrogen-bond acceptors (Lipinski definition) is 4. The maximum atomic E-state index is 12.1. The van der Waals surface area contributed by atoms with Crippen LogP contribution in [0.5, 0.6) is 0 Å². The molecule has 0 saturated heterocycles. The van der Waals surface area contributed by atoms with E-state index in [9.17, 15) is 35.9 Å². The standard InChI is InChI=1S/C11H13F6O4.Rb/c1-3-6(2)8(19)20-5-4-7(18)21-9(10(12,13)14)11(15,16)17;/h9H,3-5H2,1-2H3;/q-1;+1. The largest absolute Gasteiger partial charge is 1.00 e. The molecular formula is C11H13F6O4Rb. The van der Waals surface area contributed by atoms with Gasteiger partial charge in [0.2, 0.25) is 0 Å². The van der Waals surface area contributed by atoms with E-state index in [1.54, 1.807) is 6.92 Å². The second kappa shape index (κ2) is 10.1. The van der Waals surface area contributed by atoms with E-state index in [0.29, 0.717) is 12.3 Å². The van der Waals surface area contributed by atoms with Gasteiger partial charge in [0.05, 0.1) is 13.0 Å². The molecule has 0 heterocycles. The maximum Gasteiger partial charge on any atom is 1.00 e. The number of ether oxygens (including phenoxy) is 2. The minimum Gasteiger partial charge on any atom is -0.487 e. The Bertz CT molecular complexity index is 355. The van der Waals surface area contributed by atoms with Gasteiger partial charge in [-0.15, -0.1) is 0 Å². The van der Waals surface area contributed by atoms with Crippen LogP contribution < -0.4 is 58.2 Å². The van der Waals surface area contributed by atoms with Gasteiger partial charge in [-0.2, -0.15) is 39.7 Å². The van der Waals surface area contributed by atoms with Crippen LogP contribution in [-0.4, -0.2) is 37.0 Å². The van der Waals surface area contributed by atoms with E-state index >= 15 is 0 Å². The Kier molecular flexibility index (Phi) is 11.3. The zero-order chi connectivity index (χ0) is 16.8. The van der Waals surface area contributed by atoms with Crippen molar-refractivity contribution in [2.45, 2.75) is 45.1 Å². The molecule has 0 amide bonds. The smallest absolute Gasteiger partial charge is 0.487 e. The number of esters is 2. The van der Waals surface area contributed by atoms with Crippen molar-refractivity contribution in [2.24, 2.45) is 0 Å². The molecule has 0 fully saturated rings. The second-order valence-electron chi connectivity index (χ2n) is 3.97. The second-order valence-corrected chi connectivity index (χ2v) is 3.97. The number of rotatable bonds is 6. The number of carbonyl (C=O) groups is 2. The fraction of sp³-hybridized carbons (Fsp3) is 0.727. The van der Waals surface area contributed by atoms with Crippen LogP contribution in [-0.2, 0) is 19.1 Å². The van der Waals surface area contributed by atoms with Crippen LogP contribution in [0.1, 0.15) is 26.7 Å². The molecule has 0 aliphatic rings. The molecule has 0 aliphatic carbocycles. The van der Waals surface area contributed by atoms with Gasteiger partial charge in [-0.1, -0.05) is 6.92 Å². The monoisotopic (exact) mass is 408 g/mol. The van der Waals surface area contributed by atoms with Gasteiger partial charge in [-0.3, -0.25) is 15.5 Å². The van der Waals surface area contributed by atoms with Gasteiger partial charge in [0.15, 0.2) is 5.97 Å². The van der Waals surface area contributed by atoms with E-state index in [2.05, 4.69) is 9.47 Å². The Morgan fingerprint density at radius 3 is 1.91 bits per heavy atom. The summed E-state index contributed by atoms with van der Waals surface area (Å²) in [5.41, 5.74) is 0. The predicted octanol–water partition coefficient (Wildman–Crippen LogP) is -0.0355. The summed E-state index contributed by atoms with van der Waals surface area (Å²) in [7, 11) is 0. The first kappa shape index (κ1) is 24.4. The molecule has 22 heavy (non-hydrogen) atoms. The van der Waals surface area contributed by atoms with Crippen molar-refractivity contribution in [1.29, 1.82) is 0 Å². The van der Waals surface area contributed by atoms with Gasteiger partial charge in [0, 0.05) is 0 Å². The van der Waals surface area contributed by atoms with E-state index in [4.69, 9.17) is 0 Å². The molecule has 11 heteroatoms. The molecule has 4 nitrogen and oxygen atoms in total. The van der Waals surface area contributed by atoms with E-state index in [-0.39, 0.29) is 58.2 Å². The molecule has 0 N–H and O–H groups in total. The molecule has 0 radical (unpaired) electrons. The van der Waals surface area contributed by atoms with E-state index in [0.717, 1.165) is 0 Å². The number of hydrogen-bond donors (Lipinski definition) is 0. The Balaban J connectivity index is 0. The molecule has 0 aromatic carbocycles. The summed E-state index contributed by atoms with van der Waals surface area (Å²) in [6.07, 6.45) is -16.3. The third-order valence-corrected chi connectivity index (χ3v) is 2.26. The first-order chi connectivity index (χ1) is 9.39. The molecule has 0 unspecified atom stereocenters. The van der Waals surface area contributed by atoms with Crippen molar-refractivity contribution in [3.63, 3.8) is 0 Å². The Hall–Kier alpha value is 0.195. The van der Waals surface area contributed by atoms with Crippen molar-refractivity contribution >= 4 is 11.9 Å². The quantitative estimate of drug-likeness (QED) is 0.352. The van der Waals surface area contributed by atoms with Crippen LogP contribution in [0.25, 0.3) is 0 Å². The molecule has 0 rings (SSSR count). The third-order valence-electron chi connectivity index (χ3n) is 2.26. The van der Waals surface area contributed by atoms with Gasteiger partial charge < -0.3 is 9.47 Å². The van der Waals surface area contributed by atoms with Crippen LogP contribution >= 0.6 is 0 Å². The van der Waals surface area contributed by atoms with Gasteiger partial charge >= 0.3 is 76.5 Å². The summed E-state index contributed by atoms with van der Waals surface area (Å²) in [4.78, 5) is 22.1. The minimum absolute atomic E-state index is 0. The van der Waals surface area contributed by atoms with Gasteiger partial charge in [-0.05, 0) is 0 Å². The summed E-state index contributed by atoms with van der Waals surface area (Å²) in [6, 6.07) is 0. The zero-order valence-electron chi connectivity index (χ0n) is 12.1. The summed E-state index contributed by atoms with van der Waals surface area (Å²) in [5, 5.41) is 0. The first-order valence-corrected chi connectivity index (χ1v) is 5.72. The molecule has 0 atom stereocenters. The molecule has 0 aromatic heterocycles. The normalized spacial score (nSPS) is 11.7. The Labute approximate surface area is 171 Å². The minimum atomic E-state index is -5.77. The third kappa shape index (κ3) is 9.36. The van der Waals surface area contributed by atoms with Crippen molar-refractivity contribution in [3.05, 3.63) is 5.92 Å². The maximum absolute atomic E-state index is 12.1. The Morgan fingerprint density at radius 2 is 1.55 bits per heavy atom. The molecule has 124 valence electrons. The predicted molar refractivity (Wildman–Crippen MR) is 56.8 cm³/mol. The van der Waals surface area contributed by atoms with Crippen molar-refractivity contribution in [3.8, 4) is 0 Å². The molecule has 0 saturated carbocycles. The summed E-state index contributed by atoms with van der Waals surface area (Å²) < 4.78 is 80.4. The van der Waals surface area contributed by atoms with Gasteiger partial charge in [0.1, 0.15) is 0 Å². The van der Waals surface area contributed by atoms with Gasteiger partial charge in [0.25, 0.3) is 6.10 Å². The van der Waals surface area contributed by atoms with Crippen LogP contribution in [0.2, 0.25) is 0 Å². The summed E-state index contributed by atoms with van der Waals surface area (Å²) >= 11 is 0. The Morgan fingerprint density at radius 1 is 1.09 bits per heavy atom. The number of carbonyl (C=O) groups excluding carboxylic acids is 2. The van der Waals surface area contributed by atoms with Crippen LogP contribution in [0.3, 0.4) is 0 Å². The van der Waals surface area contributed by atoms with Crippen LogP contribution in [0, 0.1) is 5.92 Å². The van der Waals surface area contributed by atoms with Crippen molar-refractivity contribution in [2.75, 3.05) is 6.61 Å². The van der Waals surface area contributed by atoms with Crippen molar-refractivity contribution < 1.29 is 104 Å². The van der Waals surface area contributed by atoms with Crippen LogP contribution in [0.4, 0.5) is 26.3 Å². The fourth-order valence-corrected chi connectivity index (χ4v) is 1.00. The summed E-state index contributed by atoms with van der Waals surface area (Å²) in [6.45, 7) is 2.41. The average molecular weight is 409 g/mol. The molecule has 0 aromatic rings.